The minimum atomic E-state index is -0.167. The van der Waals surface area contributed by atoms with Crippen LogP contribution in [0.1, 0.15) is 24.9 Å². The predicted molar refractivity (Wildman–Crippen MR) is 81.4 cm³/mol. The van der Waals surface area contributed by atoms with Crippen LogP contribution in [-0.4, -0.2) is 56.1 Å². The largest absolute Gasteiger partial charge is 0.313 e. The number of nitrogens with one attached hydrogen (secondary N) is 1. The molecule has 0 aromatic heterocycles. The van der Waals surface area contributed by atoms with Crippen LogP contribution in [0.5, 0.6) is 0 Å². The Morgan fingerprint density at radius 3 is 2.25 bits per heavy atom. The summed E-state index contributed by atoms with van der Waals surface area (Å²) in [6.07, 6.45) is 1.06. The molecule has 1 saturated heterocycles. The monoisotopic (exact) mass is 279 g/mol. The first-order chi connectivity index (χ1) is 9.72. The van der Waals surface area contributed by atoms with E-state index in [9.17, 15) is 4.39 Å². The topological polar surface area (TPSA) is 18.5 Å². The Labute approximate surface area is 121 Å². The molecule has 1 aliphatic rings. The molecule has 0 amide bonds. The van der Waals surface area contributed by atoms with E-state index in [-0.39, 0.29) is 5.82 Å². The van der Waals surface area contributed by atoms with Gasteiger partial charge in [-0.3, -0.25) is 0 Å². The van der Waals surface area contributed by atoms with Gasteiger partial charge in [-0.15, -0.1) is 0 Å². The maximum absolute atomic E-state index is 13.0. The Morgan fingerprint density at radius 2 is 1.70 bits per heavy atom. The highest BCUT2D eigenvalue weighted by atomic mass is 19.1. The molecule has 1 heterocycles. The van der Waals surface area contributed by atoms with Crippen LogP contribution in [-0.2, 0) is 0 Å². The standard InChI is InChI=1S/C16H26FN3/c1-3-19-10-12-20(13-11-19)9-8-16(18-2)14-4-6-15(17)7-5-14/h4-7,16,18H,3,8-13H2,1-2H3. The first-order valence-electron chi connectivity index (χ1n) is 7.60. The van der Waals surface area contributed by atoms with Crippen molar-refractivity contribution in [2.45, 2.75) is 19.4 Å². The van der Waals surface area contributed by atoms with E-state index in [4.69, 9.17) is 0 Å². The third-order valence-corrected chi connectivity index (χ3v) is 4.27. The third-order valence-electron chi connectivity index (χ3n) is 4.27. The van der Waals surface area contributed by atoms with E-state index >= 15 is 0 Å². The summed E-state index contributed by atoms with van der Waals surface area (Å²) < 4.78 is 13.0. The molecule has 2 rings (SSSR count). The van der Waals surface area contributed by atoms with E-state index in [1.807, 2.05) is 19.2 Å². The zero-order valence-electron chi connectivity index (χ0n) is 12.6. The molecule has 0 radical (unpaired) electrons. The summed E-state index contributed by atoms with van der Waals surface area (Å²) >= 11 is 0. The molecule has 1 N–H and O–H groups in total. The van der Waals surface area contributed by atoms with E-state index < -0.39 is 0 Å². The van der Waals surface area contributed by atoms with Crippen molar-refractivity contribution < 1.29 is 4.39 Å². The lowest BCUT2D eigenvalue weighted by Crippen LogP contribution is -2.46. The molecular formula is C16H26FN3. The van der Waals surface area contributed by atoms with Gasteiger partial charge in [-0.05, 0) is 37.7 Å². The van der Waals surface area contributed by atoms with Gasteiger partial charge in [0, 0.05) is 38.8 Å². The van der Waals surface area contributed by atoms with Crippen molar-refractivity contribution >= 4 is 0 Å². The Morgan fingerprint density at radius 1 is 1.10 bits per heavy atom. The van der Waals surface area contributed by atoms with Crippen molar-refractivity contribution in [3.8, 4) is 0 Å². The maximum atomic E-state index is 13.0. The minimum absolute atomic E-state index is 0.167. The van der Waals surface area contributed by atoms with Gasteiger partial charge in [0.05, 0.1) is 0 Å². The number of rotatable bonds is 6. The van der Waals surface area contributed by atoms with Gasteiger partial charge in [0.2, 0.25) is 0 Å². The number of nitrogens with zero attached hydrogens (tertiary/aromatic N) is 2. The second-order valence-corrected chi connectivity index (χ2v) is 5.46. The summed E-state index contributed by atoms with van der Waals surface area (Å²) in [5, 5.41) is 3.34. The van der Waals surface area contributed by atoms with Crippen LogP contribution in [0.15, 0.2) is 24.3 Å². The van der Waals surface area contributed by atoms with Crippen molar-refractivity contribution in [3.63, 3.8) is 0 Å². The fourth-order valence-electron chi connectivity index (χ4n) is 2.81. The second-order valence-electron chi connectivity index (χ2n) is 5.46. The predicted octanol–water partition coefficient (Wildman–Crippen LogP) is 2.11. The number of hydrogen-bond acceptors (Lipinski definition) is 3. The molecule has 20 heavy (non-hydrogen) atoms. The van der Waals surface area contributed by atoms with Crippen LogP contribution in [0, 0.1) is 5.82 Å². The lowest BCUT2D eigenvalue weighted by molar-refractivity contribution is 0.133. The Bertz CT molecular complexity index is 385. The van der Waals surface area contributed by atoms with Crippen LogP contribution in [0.3, 0.4) is 0 Å². The molecule has 1 unspecified atom stereocenters. The molecule has 1 aliphatic heterocycles. The molecular weight excluding hydrogens is 253 g/mol. The van der Waals surface area contributed by atoms with Gasteiger partial charge in [0.1, 0.15) is 5.82 Å². The van der Waals surface area contributed by atoms with Gasteiger partial charge in [-0.1, -0.05) is 19.1 Å². The first kappa shape index (κ1) is 15.4. The molecule has 0 aliphatic carbocycles. The molecule has 0 saturated carbocycles. The molecule has 3 nitrogen and oxygen atoms in total. The molecule has 112 valence electrons. The summed E-state index contributed by atoms with van der Waals surface area (Å²) in [7, 11) is 1.98. The molecule has 0 spiro atoms. The average Bonchev–Trinajstić information content (AvgIpc) is 2.50. The zero-order chi connectivity index (χ0) is 14.4. The van der Waals surface area contributed by atoms with E-state index in [0.29, 0.717) is 6.04 Å². The van der Waals surface area contributed by atoms with Crippen LogP contribution in [0.4, 0.5) is 4.39 Å². The van der Waals surface area contributed by atoms with E-state index in [1.54, 1.807) is 12.1 Å². The van der Waals surface area contributed by atoms with Gasteiger partial charge in [0.25, 0.3) is 0 Å². The number of hydrogen-bond donors (Lipinski definition) is 1. The minimum Gasteiger partial charge on any atom is -0.313 e. The smallest absolute Gasteiger partial charge is 0.123 e. The number of piperazine rings is 1. The van der Waals surface area contributed by atoms with Crippen LogP contribution >= 0.6 is 0 Å². The molecule has 1 aromatic carbocycles. The SMILES string of the molecule is CCN1CCN(CCC(NC)c2ccc(F)cc2)CC1. The van der Waals surface area contributed by atoms with Gasteiger partial charge < -0.3 is 15.1 Å². The molecule has 1 atom stereocenters. The summed E-state index contributed by atoms with van der Waals surface area (Å²) in [4.78, 5) is 5.02. The van der Waals surface area contributed by atoms with Gasteiger partial charge in [-0.2, -0.15) is 0 Å². The number of likely N-dealkylation sites (N-methyl/N-ethyl adjacent to an activating group) is 1. The number of benzene rings is 1. The highest BCUT2D eigenvalue weighted by Crippen LogP contribution is 2.17. The van der Waals surface area contributed by atoms with Crippen molar-refractivity contribution in [2.24, 2.45) is 0 Å². The maximum Gasteiger partial charge on any atom is 0.123 e. The summed E-state index contributed by atoms with van der Waals surface area (Å²) in [5.41, 5.74) is 1.17. The van der Waals surface area contributed by atoms with E-state index in [1.165, 1.54) is 18.7 Å². The Kier molecular flexibility index (Phi) is 5.95. The quantitative estimate of drug-likeness (QED) is 0.860. The average molecular weight is 279 g/mol. The van der Waals surface area contributed by atoms with Gasteiger partial charge >= 0.3 is 0 Å². The van der Waals surface area contributed by atoms with Crippen molar-refractivity contribution in [1.82, 2.24) is 15.1 Å². The molecule has 4 heteroatoms. The molecule has 1 fully saturated rings. The van der Waals surface area contributed by atoms with E-state index in [2.05, 4.69) is 22.0 Å². The van der Waals surface area contributed by atoms with E-state index in [0.717, 1.165) is 32.6 Å². The lowest BCUT2D eigenvalue weighted by atomic mass is 10.0. The first-order valence-corrected chi connectivity index (χ1v) is 7.60. The summed E-state index contributed by atoms with van der Waals surface area (Å²) in [5.74, 6) is -0.167. The van der Waals surface area contributed by atoms with Gasteiger partial charge in [-0.25, -0.2) is 4.39 Å². The van der Waals surface area contributed by atoms with Crippen molar-refractivity contribution in [2.75, 3.05) is 46.3 Å². The Balaban J connectivity index is 1.81. The highest BCUT2D eigenvalue weighted by Gasteiger charge is 2.17. The fourth-order valence-corrected chi connectivity index (χ4v) is 2.81. The summed E-state index contributed by atoms with van der Waals surface area (Å²) in [6, 6.07) is 7.15. The van der Waals surface area contributed by atoms with Crippen molar-refractivity contribution in [3.05, 3.63) is 35.6 Å². The third kappa shape index (κ3) is 4.27. The molecule has 1 aromatic rings. The number of halogens is 1. The normalized spacial score (nSPS) is 19.1. The van der Waals surface area contributed by atoms with Crippen molar-refractivity contribution in [1.29, 1.82) is 0 Å². The van der Waals surface area contributed by atoms with Crippen LogP contribution in [0.2, 0.25) is 0 Å². The molecule has 0 bridgehead atoms. The summed E-state index contributed by atoms with van der Waals surface area (Å²) in [6.45, 7) is 9.15. The van der Waals surface area contributed by atoms with Crippen LogP contribution in [0.25, 0.3) is 0 Å². The second kappa shape index (κ2) is 7.72. The fraction of sp³-hybridized carbons (Fsp3) is 0.625. The van der Waals surface area contributed by atoms with Crippen LogP contribution < -0.4 is 5.32 Å². The lowest BCUT2D eigenvalue weighted by Gasteiger charge is -2.34. The highest BCUT2D eigenvalue weighted by molar-refractivity contribution is 5.19. The van der Waals surface area contributed by atoms with Gasteiger partial charge in [0.15, 0.2) is 0 Å². The Hall–Kier alpha value is -0.970. The zero-order valence-corrected chi connectivity index (χ0v) is 12.6.